The number of hydrogen-bond donors (Lipinski definition) is 2. The van der Waals surface area contributed by atoms with E-state index in [-0.39, 0.29) is 16.4 Å². The minimum atomic E-state index is -1.19. The van der Waals surface area contributed by atoms with Gasteiger partial charge in [-0.25, -0.2) is 9.78 Å². The van der Waals surface area contributed by atoms with Gasteiger partial charge in [0.25, 0.3) is 0 Å². The smallest absolute Gasteiger partial charge is 0.356 e. The summed E-state index contributed by atoms with van der Waals surface area (Å²) in [6, 6.07) is 7.43. The number of pyridine rings is 1. The maximum atomic E-state index is 11.1. The highest BCUT2D eigenvalue weighted by Gasteiger charge is 2.16. The molecule has 5 heteroatoms. The number of anilines is 1. The van der Waals surface area contributed by atoms with Crippen LogP contribution in [0.2, 0.25) is 5.02 Å². The molecule has 0 bridgehead atoms. The number of nitrogens with zero attached hydrogens (tertiary/aromatic N) is 1. The molecule has 19 heavy (non-hydrogen) atoms. The van der Waals surface area contributed by atoms with Crippen LogP contribution in [0.25, 0.3) is 11.3 Å². The Labute approximate surface area is 115 Å². The van der Waals surface area contributed by atoms with Gasteiger partial charge in [0.05, 0.1) is 16.4 Å². The zero-order valence-electron chi connectivity index (χ0n) is 10.6. The molecule has 0 saturated heterocycles. The summed E-state index contributed by atoms with van der Waals surface area (Å²) in [5.74, 6) is -1.19. The van der Waals surface area contributed by atoms with E-state index in [9.17, 15) is 4.79 Å². The van der Waals surface area contributed by atoms with Gasteiger partial charge in [0, 0.05) is 5.56 Å². The number of carboxylic acids is 1. The van der Waals surface area contributed by atoms with Gasteiger partial charge in [-0.05, 0) is 25.5 Å². The van der Waals surface area contributed by atoms with Gasteiger partial charge in [-0.3, -0.25) is 0 Å². The van der Waals surface area contributed by atoms with Gasteiger partial charge in [0.2, 0.25) is 0 Å². The van der Waals surface area contributed by atoms with E-state index < -0.39 is 5.97 Å². The van der Waals surface area contributed by atoms with Crippen LogP contribution in [0.1, 0.15) is 21.6 Å². The van der Waals surface area contributed by atoms with Gasteiger partial charge in [-0.2, -0.15) is 0 Å². The molecular weight excluding hydrogens is 264 g/mol. The van der Waals surface area contributed by atoms with Crippen molar-refractivity contribution in [1.29, 1.82) is 0 Å². The highest BCUT2D eigenvalue weighted by Crippen LogP contribution is 2.29. The number of aryl methyl sites for hydroxylation is 2. The van der Waals surface area contributed by atoms with Crippen molar-refractivity contribution in [2.75, 3.05) is 5.73 Å². The number of carbonyl (C=O) groups is 1. The molecule has 0 fully saturated rings. The lowest BCUT2D eigenvalue weighted by atomic mass is 10.0. The molecule has 0 atom stereocenters. The summed E-state index contributed by atoms with van der Waals surface area (Å²) in [4.78, 5) is 15.2. The third-order valence-electron chi connectivity index (χ3n) is 2.85. The molecule has 0 aliphatic heterocycles. The van der Waals surface area contributed by atoms with E-state index in [4.69, 9.17) is 22.4 Å². The monoisotopic (exact) mass is 276 g/mol. The molecular formula is C14H13ClN2O2. The molecule has 2 aromatic rings. The first-order valence-electron chi connectivity index (χ1n) is 5.67. The Bertz CT molecular complexity index is 669. The van der Waals surface area contributed by atoms with Crippen molar-refractivity contribution in [2.24, 2.45) is 0 Å². The number of halogens is 1. The largest absolute Gasteiger partial charge is 0.476 e. The molecule has 0 aliphatic carbocycles. The van der Waals surface area contributed by atoms with E-state index in [1.807, 2.05) is 32.0 Å². The van der Waals surface area contributed by atoms with E-state index in [2.05, 4.69) is 4.98 Å². The molecule has 2 rings (SSSR count). The number of rotatable bonds is 2. The van der Waals surface area contributed by atoms with Crippen LogP contribution in [-0.4, -0.2) is 16.1 Å². The number of hydrogen-bond acceptors (Lipinski definition) is 3. The second-order valence-corrected chi connectivity index (χ2v) is 4.76. The lowest BCUT2D eigenvalue weighted by molar-refractivity contribution is 0.0691. The molecule has 0 saturated carbocycles. The number of nitrogens with two attached hydrogens (primary N) is 1. The Morgan fingerprint density at radius 2 is 2.00 bits per heavy atom. The fraction of sp³-hybridized carbons (Fsp3) is 0.143. The van der Waals surface area contributed by atoms with Crippen molar-refractivity contribution in [3.05, 3.63) is 46.1 Å². The van der Waals surface area contributed by atoms with Gasteiger partial charge in [-0.1, -0.05) is 35.4 Å². The predicted molar refractivity (Wildman–Crippen MR) is 75.5 cm³/mol. The number of aromatic carboxylic acids is 1. The Morgan fingerprint density at radius 3 is 2.58 bits per heavy atom. The van der Waals surface area contributed by atoms with Crippen LogP contribution in [0.15, 0.2) is 24.3 Å². The van der Waals surface area contributed by atoms with Crippen LogP contribution in [0.3, 0.4) is 0 Å². The zero-order chi connectivity index (χ0) is 14.2. The second-order valence-electron chi connectivity index (χ2n) is 4.38. The molecule has 98 valence electrons. The van der Waals surface area contributed by atoms with Crippen molar-refractivity contribution in [2.45, 2.75) is 13.8 Å². The first kappa shape index (κ1) is 13.4. The van der Waals surface area contributed by atoms with Crippen LogP contribution < -0.4 is 5.73 Å². The van der Waals surface area contributed by atoms with Crippen LogP contribution >= 0.6 is 11.6 Å². The van der Waals surface area contributed by atoms with Crippen molar-refractivity contribution in [3.63, 3.8) is 0 Å². The lowest BCUT2D eigenvalue weighted by Gasteiger charge is -2.10. The molecule has 1 aromatic heterocycles. The first-order chi connectivity index (χ1) is 8.90. The Morgan fingerprint density at radius 1 is 1.32 bits per heavy atom. The highest BCUT2D eigenvalue weighted by atomic mass is 35.5. The molecule has 3 N–H and O–H groups in total. The summed E-state index contributed by atoms with van der Waals surface area (Å²) in [5, 5.41) is 9.05. The van der Waals surface area contributed by atoms with E-state index in [0.717, 1.165) is 16.7 Å². The summed E-state index contributed by atoms with van der Waals surface area (Å²) in [6.07, 6.45) is 0. The van der Waals surface area contributed by atoms with E-state index in [1.54, 1.807) is 6.07 Å². The van der Waals surface area contributed by atoms with Crippen LogP contribution in [-0.2, 0) is 0 Å². The molecule has 1 heterocycles. The Balaban J connectivity index is 2.66. The van der Waals surface area contributed by atoms with E-state index >= 15 is 0 Å². The third kappa shape index (κ3) is 2.53. The average molecular weight is 277 g/mol. The molecule has 0 aliphatic rings. The molecule has 0 radical (unpaired) electrons. The van der Waals surface area contributed by atoms with Gasteiger partial charge in [0.1, 0.15) is 0 Å². The van der Waals surface area contributed by atoms with Gasteiger partial charge >= 0.3 is 5.97 Å². The highest BCUT2D eigenvalue weighted by molar-refractivity contribution is 6.35. The second kappa shape index (κ2) is 4.90. The quantitative estimate of drug-likeness (QED) is 0.882. The molecule has 0 unspecified atom stereocenters. The minimum absolute atomic E-state index is 0.0268. The fourth-order valence-corrected chi connectivity index (χ4v) is 2.11. The Hall–Kier alpha value is -2.07. The molecule has 0 spiro atoms. The molecule has 0 amide bonds. The predicted octanol–water partition coefficient (Wildman–Crippen LogP) is 3.30. The SMILES string of the molecule is Cc1ccc(-c2cc(N)c(Cl)c(C(=O)O)n2)c(C)c1. The summed E-state index contributed by atoms with van der Waals surface area (Å²) in [5.41, 5.74) is 9.21. The lowest BCUT2D eigenvalue weighted by Crippen LogP contribution is -2.05. The summed E-state index contributed by atoms with van der Waals surface area (Å²) >= 11 is 5.84. The normalized spacial score (nSPS) is 10.5. The van der Waals surface area contributed by atoms with E-state index in [1.165, 1.54) is 0 Å². The van der Waals surface area contributed by atoms with E-state index in [0.29, 0.717) is 5.69 Å². The first-order valence-corrected chi connectivity index (χ1v) is 6.05. The van der Waals surface area contributed by atoms with Crippen LogP contribution in [0.5, 0.6) is 0 Å². The van der Waals surface area contributed by atoms with Crippen LogP contribution in [0, 0.1) is 13.8 Å². The molecule has 4 nitrogen and oxygen atoms in total. The van der Waals surface area contributed by atoms with Crippen molar-refractivity contribution in [3.8, 4) is 11.3 Å². The number of nitrogen functional groups attached to an aromatic ring is 1. The summed E-state index contributed by atoms with van der Waals surface area (Å²) < 4.78 is 0. The zero-order valence-corrected chi connectivity index (χ0v) is 11.3. The number of benzene rings is 1. The third-order valence-corrected chi connectivity index (χ3v) is 3.24. The minimum Gasteiger partial charge on any atom is -0.476 e. The standard InChI is InChI=1S/C14H13ClN2O2/c1-7-3-4-9(8(2)5-7)11-6-10(16)12(15)13(17-11)14(18)19/h3-6H,1-2H3,(H2,16,17)(H,18,19). The summed E-state index contributed by atoms with van der Waals surface area (Å²) in [7, 11) is 0. The topological polar surface area (TPSA) is 76.2 Å². The van der Waals surface area contributed by atoms with Crippen LogP contribution in [0.4, 0.5) is 5.69 Å². The van der Waals surface area contributed by atoms with Gasteiger partial charge < -0.3 is 10.8 Å². The molecule has 1 aromatic carbocycles. The van der Waals surface area contributed by atoms with Crippen molar-refractivity contribution in [1.82, 2.24) is 4.98 Å². The fourth-order valence-electron chi connectivity index (χ4n) is 1.93. The average Bonchev–Trinajstić information content (AvgIpc) is 2.32. The van der Waals surface area contributed by atoms with Gasteiger partial charge in [-0.15, -0.1) is 0 Å². The maximum Gasteiger partial charge on any atom is 0.356 e. The Kier molecular flexibility index (Phi) is 3.44. The maximum absolute atomic E-state index is 11.1. The number of carboxylic acid groups (broad SMARTS) is 1. The summed E-state index contributed by atoms with van der Waals surface area (Å²) in [6.45, 7) is 3.93. The van der Waals surface area contributed by atoms with Crippen molar-refractivity contribution < 1.29 is 9.90 Å². The van der Waals surface area contributed by atoms with Crippen molar-refractivity contribution >= 4 is 23.3 Å². The number of aromatic nitrogens is 1. The van der Waals surface area contributed by atoms with Gasteiger partial charge in [0.15, 0.2) is 5.69 Å².